The number of anilines is 5. The summed E-state index contributed by atoms with van der Waals surface area (Å²) in [6.07, 6.45) is 1.57. The highest BCUT2D eigenvalue weighted by atomic mass is 16.5. The van der Waals surface area contributed by atoms with Gasteiger partial charge in [0.25, 0.3) is 0 Å². The zero-order chi connectivity index (χ0) is 20.2. The summed E-state index contributed by atoms with van der Waals surface area (Å²) in [5.41, 5.74) is 10.3. The Morgan fingerprint density at radius 3 is 2.21 bits per heavy atom. The SMILES string of the molecule is COc1ccc(N2CCN(c3ncnc(Nc4ccc(C)cc4)c3N)CC2)cc1. The number of aryl methyl sites for hydroxylation is 1. The number of hydrogen-bond acceptors (Lipinski definition) is 7. The lowest BCUT2D eigenvalue weighted by Gasteiger charge is -2.37. The molecule has 0 radical (unpaired) electrons. The van der Waals surface area contributed by atoms with Crippen molar-refractivity contribution in [2.75, 3.05) is 54.1 Å². The van der Waals surface area contributed by atoms with E-state index in [0.717, 1.165) is 43.4 Å². The van der Waals surface area contributed by atoms with Crippen molar-refractivity contribution in [2.24, 2.45) is 0 Å². The summed E-state index contributed by atoms with van der Waals surface area (Å²) in [7, 11) is 1.68. The van der Waals surface area contributed by atoms with E-state index in [2.05, 4.69) is 56.3 Å². The summed E-state index contributed by atoms with van der Waals surface area (Å²) in [6.45, 7) is 5.55. The van der Waals surface area contributed by atoms with Crippen molar-refractivity contribution in [3.8, 4) is 5.75 Å². The lowest BCUT2D eigenvalue weighted by molar-refractivity contribution is 0.415. The molecule has 1 aliphatic rings. The molecule has 0 spiro atoms. The average Bonchev–Trinajstić information content (AvgIpc) is 2.77. The highest BCUT2D eigenvalue weighted by Gasteiger charge is 2.21. The van der Waals surface area contributed by atoms with Crippen LogP contribution in [0.25, 0.3) is 0 Å². The molecule has 1 aromatic heterocycles. The maximum atomic E-state index is 6.41. The molecule has 1 saturated heterocycles. The number of rotatable bonds is 5. The smallest absolute Gasteiger partial charge is 0.159 e. The van der Waals surface area contributed by atoms with Gasteiger partial charge in [0.1, 0.15) is 17.8 Å². The number of nitrogens with zero attached hydrogens (tertiary/aromatic N) is 4. The van der Waals surface area contributed by atoms with Crippen LogP contribution < -0.4 is 25.6 Å². The summed E-state index contributed by atoms with van der Waals surface area (Å²) < 4.78 is 5.24. The maximum absolute atomic E-state index is 6.41. The van der Waals surface area contributed by atoms with Gasteiger partial charge in [-0.1, -0.05) is 17.7 Å². The molecule has 7 nitrogen and oxygen atoms in total. The van der Waals surface area contributed by atoms with Crippen LogP contribution in [-0.4, -0.2) is 43.3 Å². The van der Waals surface area contributed by atoms with Gasteiger partial charge in [0.05, 0.1) is 7.11 Å². The van der Waals surface area contributed by atoms with Crippen LogP contribution in [0.5, 0.6) is 5.75 Å². The molecule has 2 aromatic carbocycles. The van der Waals surface area contributed by atoms with Gasteiger partial charge in [-0.3, -0.25) is 0 Å². The van der Waals surface area contributed by atoms with Crippen molar-refractivity contribution in [1.82, 2.24) is 9.97 Å². The Bertz CT molecular complexity index is 950. The largest absolute Gasteiger partial charge is 0.497 e. The van der Waals surface area contributed by atoms with Crippen molar-refractivity contribution >= 4 is 28.7 Å². The fourth-order valence-corrected chi connectivity index (χ4v) is 3.48. The number of ether oxygens (including phenoxy) is 1. The molecule has 4 rings (SSSR count). The number of methoxy groups -OCH3 is 1. The molecular formula is C22H26N6O. The Morgan fingerprint density at radius 2 is 1.55 bits per heavy atom. The van der Waals surface area contributed by atoms with Gasteiger partial charge in [-0.05, 0) is 43.3 Å². The second-order valence-corrected chi connectivity index (χ2v) is 7.12. The molecule has 0 amide bonds. The Labute approximate surface area is 171 Å². The first-order valence-electron chi connectivity index (χ1n) is 9.72. The molecule has 0 saturated carbocycles. The minimum absolute atomic E-state index is 0.575. The Balaban J connectivity index is 1.44. The first kappa shape index (κ1) is 18.9. The minimum Gasteiger partial charge on any atom is -0.497 e. The van der Waals surface area contributed by atoms with Gasteiger partial charge in [0.2, 0.25) is 0 Å². The summed E-state index contributed by atoms with van der Waals surface area (Å²) in [6, 6.07) is 16.3. The Kier molecular flexibility index (Phi) is 5.37. The van der Waals surface area contributed by atoms with E-state index < -0.39 is 0 Å². The quantitative estimate of drug-likeness (QED) is 0.691. The van der Waals surface area contributed by atoms with Crippen molar-refractivity contribution in [1.29, 1.82) is 0 Å². The summed E-state index contributed by atoms with van der Waals surface area (Å²) >= 11 is 0. The lowest BCUT2D eigenvalue weighted by Crippen LogP contribution is -2.47. The number of benzene rings is 2. The predicted octanol–water partition coefficient (Wildman–Crippen LogP) is 3.45. The van der Waals surface area contributed by atoms with Gasteiger partial charge >= 0.3 is 0 Å². The number of hydrogen-bond donors (Lipinski definition) is 2. The molecule has 1 fully saturated rings. The van der Waals surface area contributed by atoms with E-state index in [1.54, 1.807) is 13.4 Å². The minimum atomic E-state index is 0.575. The van der Waals surface area contributed by atoms with E-state index in [4.69, 9.17) is 10.5 Å². The second-order valence-electron chi connectivity index (χ2n) is 7.12. The molecule has 7 heteroatoms. The fourth-order valence-electron chi connectivity index (χ4n) is 3.48. The van der Waals surface area contributed by atoms with E-state index in [1.807, 2.05) is 24.3 Å². The van der Waals surface area contributed by atoms with Crippen LogP contribution in [0, 0.1) is 6.92 Å². The third-order valence-corrected chi connectivity index (χ3v) is 5.19. The van der Waals surface area contributed by atoms with Crippen LogP contribution in [0.1, 0.15) is 5.56 Å². The van der Waals surface area contributed by atoms with Gasteiger partial charge < -0.3 is 25.6 Å². The molecule has 3 aromatic rings. The van der Waals surface area contributed by atoms with Crippen LogP contribution in [0.15, 0.2) is 54.9 Å². The van der Waals surface area contributed by atoms with Crippen LogP contribution >= 0.6 is 0 Å². The number of piperazine rings is 1. The van der Waals surface area contributed by atoms with Crippen LogP contribution in [-0.2, 0) is 0 Å². The second kappa shape index (κ2) is 8.26. The van der Waals surface area contributed by atoms with Crippen molar-refractivity contribution in [2.45, 2.75) is 6.92 Å². The summed E-state index contributed by atoms with van der Waals surface area (Å²) in [4.78, 5) is 13.4. The third kappa shape index (κ3) is 4.18. The predicted molar refractivity (Wildman–Crippen MR) is 118 cm³/mol. The molecule has 3 N–H and O–H groups in total. The molecule has 1 aliphatic heterocycles. The van der Waals surface area contributed by atoms with Crippen molar-refractivity contribution in [3.63, 3.8) is 0 Å². The first-order valence-corrected chi connectivity index (χ1v) is 9.72. The number of aromatic nitrogens is 2. The highest BCUT2D eigenvalue weighted by Crippen LogP contribution is 2.30. The summed E-state index contributed by atoms with van der Waals surface area (Å²) in [5, 5.41) is 3.30. The topological polar surface area (TPSA) is 79.5 Å². The van der Waals surface area contributed by atoms with E-state index in [0.29, 0.717) is 11.5 Å². The van der Waals surface area contributed by atoms with Crippen LogP contribution in [0.2, 0.25) is 0 Å². The maximum Gasteiger partial charge on any atom is 0.159 e. The molecule has 150 valence electrons. The molecule has 29 heavy (non-hydrogen) atoms. The van der Waals surface area contributed by atoms with Crippen molar-refractivity contribution < 1.29 is 4.74 Å². The van der Waals surface area contributed by atoms with Gasteiger partial charge in [0.15, 0.2) is 11.6 Å². The van der Waals surface area contributed by atoms with Gasteiger partial charge in [-0.2, -0.15) is 0 Å². The third-order valence-electron chi connectivity index (χ3n) is 5.19. The monoisotopic (exact) mass is 390 g/mol. The standard InChI is InChI=1S/C22H26N6O/c1-16-3-5-17(6-4-16)26-21-20(23)22(25-15-24-21)28-13-11-27(12-14-28)18-7-9-19(29-2)10-8-18/h3-10,15H,11-14,23H2,1-2H3,(H,24,25,26). The Morgan fingerprint density at radius 1 is 0.897 bits per heavy atom. The van der Waals surface area contributed by atoms with Crippen LogP contribution in [0.4, 0.5) is 28.7 Å². The van der Waals surface area contributed by atoms with E-state index >= 15 is 0 Å². The normalized spacial score (nSPS) is 14.0. The lowest BCUT2D eigenvalue weighted by atomic mass is 10.2. The highest BCUT2D eigenvalue weighted by molar-refractivity contribution is 5.78. The number of nitrogens with one attached hydrogen (secondary N) is 1. The van der Waals surface area contributed by atoms with E-state index in [-0.39, 0.29) is 0 Å². The zero-order valence-corrected chi connectivity index (χ0v) is 16.8. The molecule has 0 atom stereocenters. The zero-order valence-electron chi connectivity index (χ0n) is 16.8. The van der Waals surface area contributed by atoms with E-state index in [9.17, 15) is 0 Å². The molecule has 0 unspecified atom stereocenters. The molecule has 0 aliphatic carbocycles. The first-order chi connectivity index (χ1) is 14.1. The van der Waals surface area contributed by atoms with Crippen LogP contribution in [0.3, 0.4) is 0 Å². The van der Waals surface area contributed by atoms with Gasteiger partial charge in [0, 0.05) is 37.6 Å². The summed E-state index contributed by atoms with van der Waals surface area (Å²) in [5.74, 6) is 2.29. The van der Waals surface area contributed by atoms with Gasteiger partial charge in [-0.15, -0.1) is 0 Å². The number of nitrogens with two attached hydrogens (primary N) is 1. The number of nitrogen functional groups attached to an aromatic ring is 1. The average molecular weight is 390 g/mol. The molecule has 0 bridgehead atoms. The molecular weight excluding hydrogens is 364 g/mol. The molecule has 2 heterocycles. The fraction of sp³-hybridized carbons (Fsp3) is 0.273. The van der Waals surface area contributed by atoms with E-state index in [1.165, 1.54) is 11.3 Å². The van der Waals surface area contributed by atoms with Crippen molar-refractivity contribution in [3.05, 3.63) is 60.4 Å². The Hall–Kier alpha value is -3.48. The van der Waals surface area contributed by atoms with Gasteiger partial charge in [-0.25, -0.2) is 9.97 Å².